The van der Waals surface area contributed by atoms with E-state index < -0.39 is 20.7 Å². The minimum absolute atomic E-state index is 0.0771. The van der Waals surface area contributed by atoms with Crippen LogP contribution >= 0.6 is 41.5 Å². The molecule has 0 aromatic carbocycles. The molecule has 0 heterocycles. The molecule has 0 aromatic heterocycles. The molecule has 3 unspecified atom stereocenters. The lowest BCUT2D eigenvalue weighted by atomic mass is 9.77. The summed E-state index contributed by atoms with van der Waals surface area (Å²) in [7, 11) is 0. The summed E-state index contributed by atoms with van der Waals surface area (Å²) in [5.74, 6) is 2.42. The topological polar surface area (TPSA) is 26.0 Å². The zero-order valence-electron chi connectivity index (χ0n) is 19.3. The first-order valence-electron chi connectivity index (χ1n) is 11.5. The minimum Gasteiger partial charge on any atom is -0.328 e. The Bertz CT molecular complexity index is 567. The van der Waals surface area contributed by atoms with E-state index in [0.717, 1.165) is 18.3 Å². The largest absolute Gasteiger partial charge is 0.328 e. The van der Waals surface area contributed by atoms with Crippen LogP contribution in [0.2, 0.25) is 0 Å². The van der Waals surface area contributed by atoms with Crippen LogP contribution in [0.3, 0.4) is 0 Å². The smallest absolute Gasteiger partial charge is 0.106 e. The first-order chi connectivity index (χ1) is 14.3. The van der Waals surface area contributed by atoms with E-state index in [1.54, 1.807) is 10.2 Å². The molecule has 1 saturated carbocycles. The molecule has 0 spiro atoms. The number of hydrogen-bond donors (Lipinski definition) is 1. The second-order valence-corrected chi connectivity index (χ2v) is 14.0. The maximum absolute atomic E-state index is 14.0. The molecule has 1 aliphatic carbocycles. The fourth-order valence-electron chi connectivity index (χ4n) is 4.33. The van der Waals surface area contributed by atoms with Gasteiger partial charge in [-0.05, 0) is 68.1 Å². The summed E-state index contributed by atoms with van der Waals surface area (Å²) in [6.45, 7) is 9.32. The SMILES string of the molecule is C=I/C=C(\F)CC(/C=C/F)C(C=IC(C)[C@H](C)CC[C@H](C)C1CCC(N)CC1)CC. The summed E-state index contributed by atoms with van der Waals surface area (Å²) in [4.78, 5) is 0. The summed E-state index contributed by atoms with van der Waals surface area (Å²) in [6.07, 6.45) is 11.0. The monoisotopic (exact) mass is 649 g/mol. The van der Waals surface area contributed by atoms with Gasteiger partial charge in [-0.25, -0.2) is 8.78 Å². The molecule has 30 heavy (non-hydrogen) atoms. The van der Waals surface area contributed by atoms with Crippen molar-refractivity contribution in [2.45, 2.75) is 89.0 Å². The van der Waals surface area contributed by atoms with E-state index in [9.17, 15) is 8.78 Å². The van der Waals surface area contributed by atoms with Gasteiger partial charge in [0.15, 0.2) is 0 Å². The lowest BCUT2D eigenvalue weighted by Gasteiger charge is -2.31. The van der Waals surface area contributed by atoms with Gasteiger partial charge in [0.05, 0.1) is 6.33 Å². The Labute approximate surface area is 204 Å². The van der Waals surface area contributed by atoms with E-state index >= 15 is 0 Å². The van der Waals surface area contributed by atoms with Gasteiger partial charge in [-0.2, -0.15) is 0 Å². The number of nitrogens with two attached hydrogens (primary N) is 1. The van der Waals surface area contributed by atoms with Crippen molar-refractivity contribution in [2.75, 3.05) is 0 Å². The Hall–Kier alpha value is 0.500. The lowest BCUT2D eigenvalue weighted by Crippen LogP contribution is -2.29. The van der Waals surface area contributed by atoms with E-state index in [4.69, 9.17) is 5.73 Å². The van der Waals surface area contributed by atoms with Crippen LogP contribution in [0.25, 0.3) is 0 Å². The summed E-state index contributed by atoms with van der Waals surface area (Å²) < 4.78 is 35.5. The van der Waals surface area contributed by atoms with Crippen molar-refractivity contribution in [3.63, 3.8) is 0 Å². The molecular formula is C25H43F2I2N. The second kappa shape index (κ2) is 16.2. The normalized spacial score (nSPS) is 26.3. The Morgan fingerprint density at radius 1 is 1.13 bits per heavy atom. The molecule has 0 radical (unpaired) electrons. The molecule has 5 heteroatoms. The molecule has 0 saturated heterocycles. The maximum atomic E-state index is 14.0. The first kappa shape index (κ1) is 28.5. The molecule has 1 aliphatic rings. The van der Waals surface area contributed by atoms with Gasteiger partial charge in [-0.15, -0.1) is 20.7 Å². The number of halogens is 4. The van der Waals surface area contributed by atoms with E-state index in [1.807, 2.05) is 0 Å². The number of alkyl halides is 1. The summed E-state index contributed by atoms with van der Waals surface area (Å²) in [5.41, 5.74) is 6.06. The van der Waals surface area contributed by atoms with Crippen molar-refractivity contribution >= 4 is 50.0 Å². The van der Waals surface area contributed by atoms with Crippen LogP contribution in [0.1, 0.15) is 79.1 Å². The molecule has 0 bridgehead atoms. The highest BCUT2D eigenvalue weighted by Gasteiger charge is 2.24. The third-order valence-electron chi connectivity index (χ3n) is 6.88. The summed E-state index contributed by atoms with van der Waals surface area (Å²) >= 11 is -0.562. The van der Waals surface area contributed by atoms with Gasteiger partial charge in [0, 0.05) is 20.5 Å². The van der Waals surface area contributed by atoms with Gasteiger partial charge in [-0.3, -0.25) is 0 Å². The zero-order chi connectivity index (χ0) is 22.5. The van der Waals surface area contributed by atoms with Gasteiger partial charge in [0.2, 0.25) is 0 Å². The van der Waals surface area contributed by atoms with Crippen LogP contribution < -0.4 is 5.73 Å². The quantitative estimate of drug-likeness (QED) is 0.157. The Morgan fingerprint density at radius 3 is 2.37 bits per heavy atom. The van der Waals surface area contributed by atoms with Crippen LogP contribution in [0, 0.1) is 29.6 Å². The average molecular weight is 649 g/mol. The van der Waals surface area contributed by atoms with Gasteiger partial charge < -0.3 is 5.73 Å². The summed E-state index contributed by atoms with van der Waals surface area (Å²) in [5, 5.41) is 0. The molecule has 0 aliphatic heterocycles. The van der Waals surface area contributed by atoms with Gasteiger partial charge in [-0.1, -0.05) is 69.4 Å². The van der Waals surface area contributed by atoms with Gasteiger partial charge in [0.25, 0.3) is 0 Å². The molecule has 0 amide bonds. The molecule has 176 valence electrons. The molecular weight excluding hydrogens is 606 g/mol. The van der Waals surface area contributed by atoms with E-state index in [-0.39, 0.29) is 38.4 Å². The van der Waals surface area contributed by atoms with Crippen LogP contribution in [0.4, 0.5) is 8.78 Å². The molecule has 2 N–H and O–H groups in total. The van der Waals surface area contributed by atoms with Crippen molar-refractivity contribution in [3.05, 3.63) is 22.3 Å². The number of rotatable bonds is 13. The fourth-order valence-corrected chi connectivity index (χ4v) is 8.36. The van der Waals surface area contributed by atoms with Gasteiger partial charge >= 0.3 is 0 Å². The van der Waals surface area contributed by atoms with Crippen molar-refractivity contribution in [2.24, 2.45) is 35.3 Å². The Morgan fingerprint density at radius 2 is 1.80 bits per heavy atom. The van der Waals surface area contributed by atoms with E-state index in [2.05, 4.69) is 36.2 Å². The third kappa shape index (κ3) is 10.9. The Kier molecular flexibility index (Phi) is 15.4. The standard InChI is InChI=1S/C25H43F2I2N/c1-6-21(23(13-14-26)15-24(27)17-28-5)16-29-20(4)18(2)7-8-19(3)22-9-11-25(30)12-10-22/h13-14,16-23,25H,5-12,15,30H2,1-4H3/b14-13+,24-17-/t18-,19+,20?,21?,22?,23?,25?/m1/s1. The highest BCUT2D eigenvalue weighted by Crippen LogP contribution is 2.34. The highest BCUT2D eigenvalue weighted by molar-refractivity contribution is 14.2. The number of allylic oxidation sites excluding steroid dienone is 2. The van der Waals surface area contributed by atoms with Crippen molar-refractivity contribution in [3.8, 4) is 0 Å². The van der Waals surface area contributed by atoms with E-state index in [1.165, 1.54) is 38.5 Å². The lowest BCUT2D eigenvalue weighted by molar-refractivity contribution is 0.227. The molecule has 1 rings (SSSR count). The van der Waals surface area contributed by atoms with Crippen molar-refractivity contribution in [1.29, 1.82) is 0 Å². The third-order valence-corrected chi connectivity index (χ3v) is 11.7. The van der Waals surface area contributed by atoms with Crippen LogP contribution in [0.5, 0.6) is 0 Å². The maximum Gasteiger partial charge on any atom is 0.106 e. The Balaban J connectivity index is 2.58. The molecule has 5 atom stereocenters. The molecule has 1 nitrogen and oxygen atoms in total. The van der Waals surface area contributed by atoms with Crippen LogP contribution in [0.15, 0.2) is 22.3 Å². The average Bonchev–Trinajstić information content (AvgIpc) is 2.72. The van der Waals surface area contributed by atoms with Crippen molar-refractivity contribution in [1.82, 2.24) is 0 Å². The summed E-state index contributed by atoms with van der Waals surface area (Å²) in [6, 6.07) is 0.430. The zero-order valence-corrected chi connectivity index (χ0v) is 23.6. The van der Waals surface area contributed by atoms with E-state index in [0.29, 0.717) is 28.6 Å². The number of hydrogen-bond acceptors (Lipinski definition) is 1. The predicted octanol–water partition coefficient (Wildman–Crippen LogP) is 8.45. The van der Waals surface area contributed by atoms with Crippen LogP contribution in [-0.2, 0) is 0 Å². The predicted molar refractivity (Wildman–Crippen MR) is 150 cm³/mol. The molecule has 1 fully saturated rings. The van der Waals surface area contributed by atoms with Crippen molar-refractivity contribution < 1.29 is 8.78 Å². The van der Waals surface area contributed by atoms with Crippen LogP contribution in [-0.4, -0.2) is 18.5 Å². The first-order valence-corrected chi connectivity index (χ1v) is 16.8. The minimum atomic E-state index is -0.459. The van der Waals surface area contributed by atoms with Gasteiger partial charge in [0.1, 0.15) is 5.83 Å². The highest BCUT2D eigenvalue weighted by atomic mass is 127. The second-order valence-electron chi connectivity index (χ2n) is 9.11. The molecule has 0 aromatic rings. The fraction of sp³-hybridized carbons (Fsp3) is 0.760.